The summed E-state index contributed by atoms with van der Waals surface area (Å²) in [5.74, 6) is 0.321. The van der Waals surface area contributed by atoms with E-state index >= 15 is 0 Å². The lowest BCUT2D eigenvalue weighted by Crippen LogP contribution is -2.62. The third-order valence-electron chi connectivity index (χ3n) is 7.88. The van der Waals surface area contributed by atoms with E-state index in [4.69, 9.17) is 18.6 Å². The molecule has 5 nitrogen and oxygen atoms in total. The van der Waals surface area contributed by atoms with Gasteiger partial charge in [-0.1, -0.05) is 34.6 Å². The number of hydrogen-bond acceptors (Lipinski definition) is 5. The quantitative estimate of drug-likeness (QED) is 0.418. The van der Waals surface area contributed by atoms with Crippen LogP contribution in [0.1, 0.15) is 73.6 Å². The summed E-state index contributed by atoms with van der Waals surface area (Å²) in [5, 5.41) is 0.119. The molecule has 28 heavy (non-hydrogen) atoms. The van der Waals surface area contributed by atoms with Gasteiger partial charge in [-0.15, -0.1) is 0 Å². The fourth-order valence-corrected chi connectivity index (χ4v) is 6.16. The van der Waals surface area contributed by atoms with Crippen LogP contribution in [0.25, 0.3) is 0 Å². The Kier molecular flexibility index (Phi) is 7.12. The van der Waals surface area contributed by atoms with E-state index in [-0.39, 0.29) is 28.8 Å². The Morgan fingerprint density at radius 3 is 2.43 bits per heavy atom. The molecule has 2 aliphatic rings. The molecule has 0 aromatic carbocycles. The van der Waals surface area contributed by atoms with E-state index < -0.39 is 13.9 Å². The van der Waals surface area contributed by atoms with Gasteiger partial charge in [-0.05, 0) is 50.2 Å². The number of hydrogen-bond donors (Lipinski definition) is 0. The van der Waals surface area contributed by atoms with Crippen molar-refractivity contribution < 1.29 is 23.4 Å². The van der Waals surface area contributed by atoms with Crippen molar-refractivity contribution in [1.29, 1.82) is 0 Å². The SMILES string of the molecule is CCOC(=O)CC[C@@]12O[C@@H](OC)C[C@]1(C)C(C)CC[C@H]2O[Si](C)(C)C(C)(C)C. The largest absolute Gasteiger partial charge is 0.466 e. The molecule has 0 aromatic rings. The first kappa shape index (κ1) is 23.8. The van der Waals surface area contributed by atoms with Crippen molar-refractivity contribution in [3.63, 3.8) is 0 Å². The zero-order valence-corrected chi connectivity index (χ0v) is 20.5. The van der Waals surface area contributed by atoms with Gasteiger partial charge in [-0.2, -0.15) is 0 Å². The summed E-state index contributed by atoms with van der Waals surface area (Å²) < 4.78 is 24.5. The van der Waals surface area contributed by atoms with Gasteiger partial charge >= 0.3 is 5.97 Å². The molecule has 1 saturated carbocycles. The van der Waals surface area contributed by atoms with Gasteiger partial charge < -0.3 is 18.6 Å². The van der Waals surface area contributed by atoms with Gasteiger partial charge in [0.2, 0.25) is 0 Å². The van der Waals surface area contributed by atoms with Gasteiger partial charge in [-0.3, -0.25) is 4.79 Å². The van der Waals surface area contributed by atoms with Gasteiger partial charge in [0.05, 0.1) is 12.7 Å². The zero-order valence-electron chi connectivity index (χ0n) is 19.5. The second-order valence-electron chi connectivity index (χ2n) is 10.4. The minimum Gasteiger partial charge on any atom is -0.466 e. The molecule has 0 radical (unpaired) electrons. The molecule has 0 bridgehead atoms. The molecule has 0 aromatic heterocycles. The number of rotatable bonds is 7. The molecule has 6 heteroatoms. The maximum atomic E-state index is 12.2. The molecule has 1 aliphatic heterocycles. The first-order valence-electron chi connectivity index (χ1n) is 10.9. The summed E-state index contributed by atoms with van der Waals surface area (Å²) >= 11 is 0. The Morgan fingerprint density at radius 1 is 1.25 bits per heavy atom. The molecular formula is C22H42O5Si. The molecule has 0 spiro atoms. The van der Waals surface area contributed by atoms with Crippen LogP contribution in [0.2, 0.25) is 18.1 Å². The maximum Gasteiger partial charge on any atom is 0.305 e. The Labute approximate surface area is 173 Å². The summed E-state index contributed by atoms with van der Waals surface area (Å²) in [4.78, 5) is 12.2. The van der Waals surface area contributed by atoms with Gasteiger partial charge in [0, 0.05) is 25.4 Å². The molecule has 2 rings (SSSR count). The lowest BCUT2D eigenvalue weighted by atomic mass is 9.56. The zero-order chi connectivity index (χ0) is 21.4. The second-order valence-corrected chi connectivity index (χ2v) is 15.2. The van der Waals surface area contributed by atoms with Crippen LogP contribution in [0.4, 0.5) is 0 Å². The minimum absolute atomic E-state index is 0.0239. The monoisotopic (exact) mass is 414 g/mol. The number of esters is 1. The minimum atomic E-state index is -1.99. The van der Waals surface area contributed by atoms with Crippen LogP contribution >= 0.6 is 0 Å². The van der Waals surface area contributed by atoms with E-state index in [0.717, 1.165) is 19.3 Å². The fraction of sp³-hybridized carbons (Fsp3) is 0.955. The lowest BCUT2D eigenvalue weighted by Gasteiger charge is -2.56. The molecule has 164 valence electrons. The highest BCUT2D eigenvalue weighted by Gasteiger charge is 2.65. The van der Waals surface area contributed by atoms with Crippen LogP contribution in [0.15, 0.2) is 0 Å². The molecule has 1 saturated heterocycles. The highest BCUT2D eigenvalue weighted by molar-refractivity contribution is 6.74. The van der Waals surface area contributed by atoms with E-state index in [1.165, 1.54) is 0 Å². The number of carbonyl (C=O) groups is 1. The van der Waals surface area contributed by atoms with Gasteiger partial charge in [0.1, 0.15) is 5.60 Å². The molecule has 5 atom stereocenters. The Morgan fingerprint density at radius 2 is 1.89 bits per heavy atom. The summed E-state index contributed by atoms with van der Waals surface area (Å²) in [6, 6.07) is 0. The van der Waals surface area contributed by atoms with Crippen molar-refractivity contribution in [3.05, 3.63) is 0 Å². The smallest absolute Gasteiger partial charge is 0.305 e. The van der Waals surface area contributed by atoms with E-state index in [2.05, 4.69) is 47.7 Å². The molecule has 0 N–H and O–H groups in total. The Balaban J connectivity index is 2.40. The highest BCUT2D eigenvalue weighted by atomic mass is 28.4. The van der Waals surface area contributed by atoms with Gasteiger partial charge in [0.25, 0.3) is 0 Å². The summed E-state index contributed by atoms with van der Waals surface area (Å²) in [6.45, 7) is 18.3. The van der Waals surface area contributed by atoms with Crippen LogP contribution in [-0.2, 0) is 23.4 Å². The highest BCUT2D eigenvalue weighted by Crippen LogP contribution is 2.61. The standard InChI is InChI=1S/C22H42O5Si/c1-10-25-18(23)13-14-22-17(27-28(8,9)20(3,4)5)12-11-16(2)21(22,6)15-19(24-7)26-22/h16-17,19H,10-15H2,1-9H3/t16?,17-,19-,21-,22+/m1/s1. The third kappa shape index (κ3) is 4.21. The van der Waals surface area contributed by atoms with Crippen LogP contribution in [0.3, 0.4) is 0 Å². The number of fused-ring (bicyclic) bond motifs is 1. The van der Waals surface area contributed by atoms with Crippen LogP contribution in [0, 0.1) is 11.3 Å². The van der Waals surface area contributed by atoms with Crippen molar-refractivity contribution >= 4 is 14.3 Å². The third-order valence-corrected chi connectivity index (χ3v) is 12.4. The second kappa shape index (κ2) is 8.36. The maximum absolute atomic E-state index is 12.2. The first-order valence-corrected chi connectivity index (χ1v) is 13.8. The number of ether oxygens (including phenoxy) is 3. The molecular weight excluding hydrogens is 372 g/mol. The van der Waals surface area contributed by atoms with E-state index in [9.17, 15) is 4.79 Å². The van der Waals surface area contributed by atoms with Crippen LogP contribution in [-0.4, -0.2) is 46.0 Å². The number of methoxy groups -OCH3 is 1. The van der Waals surface area contributed by atoms with E-state index in [0.29, 0.717) is 25.4 Å². The Hall–Kier alpha value is -0.433. The summed E-state index contributed by atoms with van der Waals surface area (Å²) in [5.41, 5.74) is -0.612. The summed E-state index contributed by atoms with van der Waals surface area (Å²) in [6.07, 6.45) is 3.60. The first-order chi connectivity index (χ1) is 12.8. The average Bonchev–Trinajstić information content (AvgIpc) is 2.90. The van der Waals surface area contributed by atoms with Crippen molar-refractivity contribution in [2.45, 2.75) is 110 Å². The topological polar surface area (TPSA) is 54.0 Å². The van der Waals surface area contributed by atoms with Crippen molar-refractivity contribution in [2.75, 3.05) is 13.7 Å². The van der Waals surface area contributed by atoms with Crippen molar-refractivity contribution in [3.8, 4) is 0 Å². The van der Waals surface area contributed by atoms with Crippen LogP contribution < -0.4 is 0 Å². The summed E-state index contributed by atoms with van der Waals surface area (Å²) in [7, 11) is -0.288. The average molecular weight is 415 g/mol. The molecule has 1 heterocycles. The normalized spacial score (nSPS) is 36.2. The van der Waals surface area contributed by atoms with Crippen LogP contribution in [0.5, 0.6) is 0 Å². The molecule has 2 fully saturated rings. The van der Waals surface area contributed by atoms with E-state index in [1.54, 1.807) is 7.11 Å². The molecule has 0 amide bonds. The Bertz CT molecular complexity index is 558. The lowest BCUT2D eigenvalue weighted by molar-refractivity contribution is -0.224. The molecule has 1 aliphatic carbocycles. The predicted molar refractivity (Wildman–Crippen MR) is 114 cm³/mol. The van der Waals surface area contributed by atoms with Gasteiger partial charge in [-0.25, -0.2) is 0 Å². The van der Waals surface area contributed by atoms with Crippen molar-refractivity contribution in [2.24, 2.45) is 11.3 Å². The van der Waals surface area contributed by atoms with Crippen molar-refractivity contribution in [1.82, 2.24) is 0 Å². The number of carbonyl (C=O) groups excluding carboxylic acids is 1. The van der Waals surface area contributed by atoms with E-state index in [1.807, 2.05) is 6.92 Å². The predicted octanol–water partition coefficient (Wildman–Crippen LogP) is 5.29. The van der Waals surface area contributed by atoms with Gasteiger partial charge in [0.15, 0.2) is 14.6 Å². The molecule has 1 unspecified atom stereocenters. The fourth-order valence-electron chi connectivity index (χ4n) is 4.79.